The second-order valence-corrected chi connectivity index (χ2v) is 8.28. The predicted molar refractivity (Wildman–Crippen MR) is 117 cm³/mol. The van der Waals surface area contributed by atoms with Crippen LogP contribution in [0.5, 0.6) is 0 Å². The lowest BCUT2D eigenvalue weighted by atomic mass is 10.1. The van der Waals surface area contributed by atoms with Crippen LogP contribution < -0.4 is 0 Å². The Bertz CT molecular complexity index is 898. The smallest absolute Gasteiger partial charge is 0.413 e. The summed E-state index contributed by atoms with van der Waals surface area (Å²) < 4.78 is 16.9. The van der Waals surface area contributed by atoms with E-state index in [1.54, 1.807) is 20.8 Å². The SMILES string of the molecule is CC(C)(C)OC(=O)N1[C@@H]([C@@H](O)C#CCOCc2ccccc2)OC[C@H]1c1ccccc1. The summed E-state index contributed by atoms with van der Waals surface area (Å²) in [6.07, 6.45) is -2.67. The number of benzene rings is 2. The molecule has 0 radical (unpaired) electrons. The number of carbonyl (C=O) groups excluding carboxylic acids is 1. The van der Waals surface area contributed by atoms with Crippen molar-refractivity contribution in [2.75, 3.05) is 13.2 Å². The van der Waals surface area contributed by atoms with E-state index in [1.165, 1.54) is 4.90 Å². The molecule has 1 amide bonds. The molecule has 0 saturated carbocycles. The summed E-state index contributed by atoms with van der Waals surface area (Å²) in [6.45, 7) is 6.24. The van der Waals surface area contributed by atoms with Gasteiger partial charge in [0.1, 0.15) is 12.2 Å². The van der Waals surface area contributed by atoms with Crippen LogP contribution in [0.25, 0.3) is 0 Å². The van der Waals surface area contributed by atoms with Gasteiger partial charge < -0.3 is 19.3 Å². The summed E-state index contributed by atoms with van der Waals surface area (Å²) in [5.41, 5.74) is 1.28. The molecule has 0 aromatic heterocycles. The molecule has 2 aromatic rings. The quantitative estimate of drug-likeness (QED) is 0.584. The summed E-state index contributed by atoms with van der Waals surface area (Å²) in [5, 5.41) is 10.6. The zero-order chi connectivity index (χ0) is 22.3. The molecule has 164 valence electrons. The average Bonchev–Trinajstić information content (AvgIpc) is 3.19. The van der Waals surface area contributed by atoms with E-state index in [0.717, 1.165) is 11.1 Å². The van der Waals surface area contributed by atoms with E-state index in [2.05, 4.69) is 11.8 Å². The van der Waals surface area contributed by atoms with E-state index in [4.69, 9.17) is 14.2 Å². The van der Waals surface area contributed by atoms with Crippen molar-refractivity contribution in [2.45, 2.75) is 51.4 Å². The van der Waals surface area contributed by atoms with Gasteiger partial charge in [-0.15, -0.1) is 0 Å². The highest BCUT2D eigenvalue weighted by molar-refractivity contribution is 5.69. The molecule has 1 saturated heterocycles. The summed E-state index contributed by atoms with van der Waals surface area (Å²) >= 11 is 0. The van der Waals surface area contributed by atoms with E-state index >= 15 is 0 Å². The number of nitrogens with zero attached hydrogens (tertiary/aromatic N) is 1. The fourth-order valence-corrected chi connectivity index (χ4v) is 3.26. The van der Waals surface area contributed by atoms with Crippen LogP contribution in [0, 0.1) is 11.8 Å². The molecule has 0 unspecified atom stereocenters. The first-order valence-electron chi connectivity index (χ1n) is 10.3. The lowest BCUT2D eigenvalue weighted by Crippen LogP contribution is -2.46. The minimum atomic E-state index is -1.19. The summed E-state index contributed by atoms with van der Waals surface area (Å²) in [7, 11) is 0. The van der Waals surface area contributed by atoms with Gasteiger partial charge in [-0.1, -0.05) is 72.5 Å². The number of ether oxygens (including phenoxy) is 3. The van der Waals surface area contributed by atoms with Gasteiger partial charge in [0.25, 0.3) is 0 Å². The van der Waals surface area contributed by atoms with Crippen LogP contribution in [0.4, 0.5) is 4.79 Å². The highest BCUT2D eigenvalue weighted by atomic mass is 16.6. The molecule has 31 heavy (non-hydrogen) atoms. The molecule has 2 aromatic carbocycles. The third-order valence-corrected chi connectivity index (χ3v) is 4.63. The Morgan fingerprint density at radius 1 is 1.16 bits per heavy atom. The Hall–Kier alpha value is -2.85. The molecule has 1 fully saturated rings. The Morgan fingerprint density at radius 2 is 1.81 bits per heavy atom. The van der Waals surface area contributed by atoms with Crippen LogP contribution in [-0.4, -0.2) is 47.2 Å². The Kier molecular flexibility index (Phi) is 7.69. The van der Waals surface area contributed by atoms with Gasteiger partial charge in [-0.25, -0.2) is 4.79 Å². The highest BCUT2D eigenvalue weighted by Crippen LogP contribution is 2.33. The molecule has 3 rings (SSSR count). The summed E-state index contributed by atoms with van der Waals surface area (Å²) in [6, 6.07) is 18.9. The monoisotopic (exact) mass is 423 g/mol. The standard InChI is InChI=1S/C25H29NO5/c1-25(2,3)31-24(28)26-21(20-13-8-5-9-14-20)18-30-23(26)22(27)15-10-16-29-17-19-11-6-4-7-12-19/h4-9,11-14,21-23,27H,16-18H2,1-3H3/t21-,22-,23+/m0/s1. The normalized spacial score (nSPS) is 19.4. The highest BCUT2D eigenvalue weighted by Gasteiger charge is 2.44. The predicted octanol–water partition coefficient (Wildman–Crippen LogP) is 3.90. The van der Waals surface area contributed by atoms with Crippen molar-refractivity contribution in [3.05, 3.63) is 71.8 Å². The number of hydrogen-bond acceptors (Lipinski definition) is 5. The number of carbonyl (C=O) groups is 1. The number of aliphatic hydroxyl groups excluding tert-OH is 1. The van der Waals surface area contributed by atoms with Gasteiger partial charge >= 0.3 is 6.09 Å². The molecule has 0 aliphatic carbocycles. The molecule has 0 spiro atoms. The van der Waals surface area contributed by atoms with Gasteiger partial charge in [0, 0.05) is 0 Å². The first-order valence-corrected chi connectivity index (χ1v) is 10.3. The van der Waals surface area contributed by atoms with Crippen LogP contribution in [0.3, 0.4) is 0 Å². The number of amides is 1. The molecule has 3 atom stereocenters. The first-order chi connectivity index (χ1) is 14.8. The summed E-state index contributed by atoms with van der Waals surface area (Å²) in [5.74, 6) is 5.55. The fourth-order valence-electron chi connectivity index (χ4n) is 3.26. The van der Waals surface area contributed by atoms with Crippen molar-refractivity contribution in [1.82, 2.24) is 4.90 Å². The molecule has 1 aliphatic rings. The maximum absolute atomic E-state index is 12.9. The van der Waals surface area contributed by atoms with Gasteiger partial charge in [-0.3, -0.25) is 4.90 Å². The van der Waals surface area contributed by atoms with E-state index in [-0.39, 0.29) is 19.3 Å². The number of rotatable bonds is 5. The van der Waals surface area contributed by atoms with Gasteiger partial charge in [0.05, 0.1) is 19.3 Å². The minimum absolute atomic E-state index is 0.160. The van der Waals surface area contributed by atoms with Crippen molar-refractivity contribution in [3.63, 3.8) is 0 Å². The Labute approximate surface area is 183 Å². The third kappa shape index (κ3) is 6.56. The van der Waals surface area contributed by atoms with Crippen molar-refractivity contribution in [2.24, 2.45) is 0 Å². The van der Waals surface area contributed by atoms with Crippen LogP contribution >= 0.6 is 0 Å². The first kappa shape index (κ1) is 22.8. The fraction of sp³-hybridized carbons (Fsp3) is 0.400. The van der Waals surface area contributed by atoms with E-state index in [9.17, 15) is 9.90 Å². The van der Waals surface area contributed by atoms with Crippen molar-refractivity contribution >= 4 is 6.09 Å². The molecule has 1 N–H and O–H groups in total. The molecule has 0 bridgehead atoms. The van der Waals surface area contributed by atoms with E-state index < -0.39 is 24.0 Å². The van der Waals surface area contributed by atoms with E-state index in [1.807, 2.05) is 60.7 Å². The maximum atomic E-state index is 12.9. The molecular weight excluding hydrogens is 394 g/mol. The molecule has 6 heteroatoms. The summed E-state index contributed by atoms with van der Waals surface area (Å²) in [4.78, 5) is 14.4. The molecule has 1 aliphatic heterocycles. The van der Waals surface area contributed by atoms with Gasteiger partial charge in [-0.2, -0.15) is 0 Å². The molecule has 1 heterocycles. The molecular formula is C25H29NO5. The largest absolute Gasteiger partial charge is 0.444 e. The van der Waals surface area contributed by atoms with Crippen molar-refractivity contribution in [1.29, 1.82) is 0 Å². The van der Waals surface area contributed by atoms with Crippen molar-refractivity contribution in [3.8, 4) is 11.8 Å². The zero-order valence-electron chi connectivity index (χ0n) is 18.2. The van der Waals surface area contributed by atoms with Crippen LogP contribution in [-0.2, 0) is 20.8 Å². The average molecular weight is 424 g/mol. The molecule has 6 nitrogen and oxygen atoms in total. The van der Waals surface area contributed by atoms with Gasteiger partial charge in [0.15, 0.2) is 12.3 Å². The topological polar surface area (TPSA) is 68.2 Å². The minimum Gasteiger partial charge on any atom is -0.444 e. The van der Waals surface area contributed by atoms with E-state index in [0.29, 0.717) is 6.61 Å². The van der Waals surface area contributed by atoms with Crippen LogP contribution in [0.1, 0.15) is 37.9 Å². The maximum Gasteiger partial charge on any atom is 0.413 e. The Morgan fingerprint density at radius 3 is 2.45 bits per heavy atom. The lowest BCUT2D eigenvalue weighted by Gasteiger charge is -2.31. The second-order valence-electron chi connectivity index (χ2n) is 8.28. The van der Waals surface area contributed by atoms with Crippen LogP contribution in [0.2, 0.25) is 0 Å². The van der Waals surface area contributed by atoms with Crippen LogP contribution in [0.15, 0.2) is 60.7 Å². The zero-order valence-corrected chi connectivity index (χ0v) is 18.2. The third-order valence-electron chi connectivity index (χ3n) is 4.63. The second kappa shape index (κ2) is 10.5. The van der Waals surface area contributed by atoms with Gasteiger partial charge in [-0.05, 0) is 31.9 Å². The van der Waals surface area contributed by atoms with Gasteiger partial charge in [0.2, 0.25) is 0 Å². The number of aliphatic hydroxyl groups is 1. The van der Waals surface area contributed by atoms with Crippen molar-refractivity contribution < 1.29 is 24.1 Å². The Balaban J connectivity index is 1.67. The lowest BCUT2D eigenvalue weighted by molar-refractivity contribution is -0.0521. The number of hydrogen-bond donors (Lipinski definition) is 1.